The molecule has 2 aromatic rings. The average Bonchev–Trinajstić information content (AvgIpc) is 2.78. The Morgan fingerprint density at radius 3 is 1.85 bits per heavy atom. The molecule has 0 heterocycles. The second-order valence-electron chi connectivity index (χ2n) is 9.74. The van der Waals surface area contributed by atoms with Crippen molar-refractivity contribution in [3.63, 3.8) is 0 Å². The monoisotopic (exact) mass is 466 g/mol. The van der Waals surface area contributed by atoms with Gasteiger partial charge in [-0.3, -0.25) is 5.32 Å². The number of unbranched alkanes of at least 4 members (excludes halogenated alkanes) is 9. The quantitative estimate of drug-likeness (QED) is 0.245. The van der Waals surface area contributed by atoms with Crippen LogP contribution in [0.15, 0.2) is 36.4 Å². The van der Waals surface area contributed by atoms with Crippen LogP contribution < -0.4 is 10.6 Å². The molecule has 0 aliphatic rings. The van der Waals surface area contributed by atoms with Gasteiger partial charge in [0.15, 0.2) is 0 Å². The highest BCUT2D eigenvalue weighted by Gasteiger charge is 2.07. The SMILES string of the molecule is Cc1cc(C)cc(CNCCCCCCCCCCCCOC(=O)Nc2c(C)cccc2C)c1. The molecule has 188 valence electrons. The van der Waals surface area contributed by atoms with Crippen molar-refractivity contribution in [2.24, 2.45) is 0 Å². The first-order valence-electron chi connectivity index (χ1n) is 13.2. The van der Waals surface area contributed by atoms with Crippen LogP contribution in [0.3, 0.4) is 0 Å². The van der Waals surface area contributed by atoms with Crippen LogP contribution in [0.5, 0.6) is 0 Å². The highest BCUT2D eigenvalue weighted by molar-refractivity contribution is 5.86. The van der Waals surface area contributed by atoms with Crippen LogP contribution in [-0.4, -0.2) is 19.2 Å². The minimum Gasteiger partial charge on any atom is -0.449 e. The molecular weight excluding hydrogens is 420 g/mol. The van der Waals surface area contributed by atoms with Gasteiger partial charge in [-0.15, -0.1) is 0 Å². The van der Waals surface area contributed by atoms with Crippen molar-refractivity contribution in [1.82, 2.24) is 5.32 Å². The van der Waals surface area contributed by atoms with E-state index in [1.54, 1.807) is 0 Å². The normalized spacial score (nSPS) is 10.9. The Labute approximate surface area is 207 Å². The Hall–Kier alpha value is -2.33. The van der Waals surface area contributed by atoms with E-state index in [0.29, 0.717) is 6.61 Å². The fourth-order valence-corrected chi connectivity index (χ4v) is 4.48. The highest BCUT2D eigenvalue weighted by atomic mass is 16.5. The molecule has 2 N–H and O–H groups in total. The Morgan fingerprint density at radius 1 is 0.735 bits per heavy atom. The van der Waals surface area contributed by atoms with E-state index in [4.69, 9.17) is 4.74 Å². The van der Waals surface area contributed by atoms with Crippen LogP contribution in [0.2, 0.25) is 0 Å². The Balaban J connectivity index is 1.35. The number of ether oxygens (including phenoxy) is 1. The minimum atomic E-state index is -0.349. The fourth-order valence-electron chi connectivity index (χ4n) is 4.48. The van der Waals surface area contributed by atoms with Gasteiger partial charge in [-0.25, -0.2) is 4.79 Å². The van der Waals surface area contributed by atoms with Crippen molar-refractivity contribution in [2.75, 3.05) is 18.5 Å². The molecule has 0 unspecified atom stereocenters. The number of para-hydroxylation sites is 1. The van der Waals surface area contributed by atoms with Crippen LogP contribution in [-0.2, 0) is 11.3 Å². The maximum atomic E-state index is 12.0. The number of hydrogen-bond donors (Lipinski definition) is 2. The topological polar surface area (TPSA) is 50.4 Å². The predicted molar refractivity (Wildman–Crippen MR) is 145 cm³/mol. The van der Waals surface area contributed by atoms with Crippen molar-refractivity contribution in [1.29, 1.82) is 0 Å². The molecule has 2 aromatic carbocycles. The third kappa shape index (κ3) is 11.7. The average molecular weight is 467 g/mol. The van der Waals surface area contributed by atoms with Gasteiger partial charge in [-0.2, -0.15) is 0 Å². The zero-order valence-electron chi connectivity index (χ0n) is 22.0. The summed E-state index contributed by atoms with van der Waals surface area (Å²) in [5.74, 6) is 0. The van der Waals surface area contributed by atoms with Crippen molar-refractivity contribution in [3.05, 3.63) is 64.2 Å². The minimum absolute atomic E-state index is 0.349. The molecule has 4 nitrogen and oxygen atoms in total. The standard InChI is InChI=1S/C30H46N2O2/c1-24-20-25(2)22-28(21-24)23-31-18-13-11-9-7-5-6-8-10-12-14-19-34-30(33)32-29-26(3)16-15-17-27(29)4/h15-17,20-22,31H,5-14,18-19,23H2,1-4H3,(H,32,33). The van der Waals surface area contributed by atoms with E-state index in [0.717, 1.165) is 42.7 Å². The van der Waals surface area contributed by atoms with Gasteiger partial charge < -0.3 is 10.1 Å². The molecule has 0 fully saturated rings. The van der Waals surface area contributed by atoms with Crippen molar-refractivity contribution < 1.29 is 9.53 Å². The lowest BCUT2D eigenvalue weighted by molar-refractivity contribution is 0.159. The van der Waals surface area contributed by atoms with Gasteiger partial charge in [0.2, 0.25) is 0 Å². The van der Waals surface area contributed by atoms with Crippen LogP contribution in [0, 0.1) is 27.7 Å². The van der Waals surface area contributed by atoms with Crippen LogP contribution in [0.4, 0.5) is 10.5 Å². The summed E-state index contributed by atoms with van der Waals surface area (Å²) in [5.41, 5.74) is 7.07. The van der Waals surface area contributed by atoms with Crippen LogP contribution >= 0.6 is 0 Å². The number of carbonyl (C=O) groups is 1. The summed E-state index contributed by atoms with van der Waals surface area (Å²) in [6.07, 6.45) is 12.2. The number of amides is 1. The van der Waals surface area contributed by atoms with Gasteiger partial charge in [0.25, 0.3) is 0 Å². The van der Waals surface area contributed by atoms with E-state index in [9.17, 15) is 4.79 Å². The van der Waals surface area contributed by atoms with E-state index >= 15 is 0 Å². The number of hydrogen-bond acceptors (Lipinski definition) is 3. The lowest BCUT2D eigenvalue weighted by Gasteiger charge is -2.11. The van der Waals surface area contributed by atoms with Gasteiger partial charge >= 0.3 is 6.09 Å². The molecule has 1 amide bonds. The van der Waals surface area contributed by atoms with E-state index in [1.165, 1.54) is 68.1 Å². The number of benzene rings is 2. The van der Waals surface area contributed by atoms with E-state index in [-0.39, 0.29) is 6.09 Å². The van der Waals surface area contributed by atoms with E-state index < -0.39 is 0 Å². The Morgan fingerprint density at radius 2 is 1.26 bits per heavy atom. The molecule has 0 bridgehead atoms. The van der Waals surface area contributed by atoms with Gasteiger partial charge in [0, 0.05) is 12.2 Å². The zero-order chi connectivity index (χ0) is 24.6. The van der Waals surface area contributed by atoms with Crippen molar-refractivity contribution >= 4 is 11.8 Å². The first-order valence-corrected chi connectivity index (χ1v) is 13.2. The molecule has 0 aromatic heterocycles. The molecule has 0 atom stereocenters. The van der Waals surface area contributed by atoms with Gasteiger partial charge in [0.05, 0.1) is 6.61 Å². The summed E-state index contributed by atoms with van der Waals surface area (Å²) < 4.78 is 5.34. The maximum absolute atomic E-state index is 12.0. The number of nitrogens with one attached hydrogen (secondary N) is 2. The molecule has 0 spiro atoms. The van der Waals surface area contributed by atoms with Gasteiger partial charge in [-0.05, 0) is 63.8 Å². The zero-order valence-corrected chi connectivity index (χ0v) is 22.0. The molecule has 0 saturated carbocycles. The third-order valence-corrected chi connectivity index (χ3v) is 6.30. The van der Waals surface area contributed by atoms with Gasteiger partial charge in [0.1, 0.15) is 0 Å². The van der Waals surface area contributed by atoms with Crippen molar-refractivity contribution in [3.8, 4) is 0 Å². The van der Waals surface area contributed by atoms with E-state index in [2.05, 4.69) is 42.7 Å². The third-order valence-electron chi connectivity index (χ3n) is 6.30. The first kappa shape index (κ1) is 27.9. The first-order chi connectivity index (χ1) is 16.5. The molecule has 0 aliphatic heterocycles. The summed E-state index contributed by atoms with van der Waals surface area (Å²) in [4.78, 5) is 12.0. The number of anilines is 1. The Bertz CT molecular complexity index is 822. The molecule has 4 heteroatoms. The van der Waals surface area contributed by atoms with Crippen LogP contribution in [0.25, 0.3) is 0 Å². The highest BCUT2D eigenvalue weighted by Crippen LogP contribution is 2.19. The van der Waals surface area contributed by atoms with Gasteiger partial charge in [-0.1, -0.05) is 98.9 Å². The lowest BCUT2D eigenvalue weighted by Crippen LogP contribution is -2.15. The molecule has 2 rings (SSSR count). The summed E-state index contributed by atoms with van der Waals surface area (Å²) in [5, 5.41) is 6.45. The molecular formula is C30H46N2O2. The lowest BCUT2D eigenvalue weighted by atomic mass is 10.1. The maximum Gasteiger partial charge on any atom is 0.411 e. The second-order valence-corrected chi connectivity index (χ2v) is 9.74. The molecule has 0 saturated heterocycles. The smallest absolute Gasteiger partial charge is 0.411 e. The van der Waals surface area contributed by atoms with E-state index in [1.807, 2.05) is 32.0 Å². The number of rotatable bonds is 16. The van der Waals surface area contributed by atoms with Crippen molar-refractivity contribution in [2.45, 2.75) is 98.4 Å². The summed E-state index contributed by atoms with van der Waals surface area (Å²) in [7, 11) is 0. The Kier molecular flexibility index (Phi) is 13.4. The second kappa shape index (κ2) is 16.3. The largest absolute Gasteiger partial charge is 0.449 e. The summed E-state index contributed by atoms with van der Waals surface area (Å²) in [6.45, 7) is 10.9. The van der Waals surface area contributed by atoms with Crippen LogP contribution in [0.1, 0.15) is 92.0 Å². The molecule has 34 heavy (non-hydrogen) atoms. The summed E-state index contributed by atoms with van der Waals surface area (Å²) >= 11 is 0. The molecule has 0 aliphatic carbocycles. The molecule has 0 radical (unpaired) electrons. The number of aryl methyl sites for hydroxylation is 4. The summed E-state index contributed by atoms with van der Waals surface area (Å²) in [6, 6.07) is 12.8. The predicted octanol–water partition coefficient (Wildman–Crippen LogP) is 8.16. The number of carbonyl (C=O) groups excluding carboxylic acids is 1. The fraction of sp³-hybridized carbons (Fsp3) is 0.567.